The van der Waals surface area contributed by atoms with Gasteiger partial charge in [-0.25, -0.2) is 0 Å². The van der Waals surface area contributed by atoms with Crippen molar-refractivity contribution in [2.75, 3.05) is 19.6 Å². The third kappa shape index (κ3) is 9.69. The molecular weight excluding hydrogens is 172 g/mol. The summed E-state index contributed by atoms with van der Waals surface area (Å²) in [5.74, 6) is 0. The van der Waals surface area contributed by atoms with Gasteiger partial charge in [-0.2, -0.15) is 0 Å². The normalized spacial score (nSPS) is 11.4. The van der Waals surface area contributed by atoms with Crippen LogP contribution in [0, 0.1) is 0 Å². The molecule has 0 radical (unpaired) electrons. The molecule has 0 aliphatic heterocycles. The van der Waals surface area contributed by atoms with Crippen LogP contribution in [0.1, 0.15) is 6.92 Å². The lowest BCUT2D eigenvalue weighted by atomic mass is 10.3. The fourth-order valence-electron chi connectivity index (χ4n) is 0.759. The van der Waals surface area contributed by atoms with E-state index in [9.17, 15) is 0 Å². The summed E-state index contributed by atoms with van der Waals surface area (Å²) in [7, 11) is 0. The monoisotopic (exact) mass is 190 g/mol. The summed E-state index contributed by atoms with van der Waals surface area (Å²) < 4.78 is 0. The van der Waals surface area contributed by atoms with E-state index in [2.05, 4.69) is 30.7 Å². The van der Waals surface area contributed by atoms with Crippen LogP contribution < -0.4 is 10.6 Å². The number of hydrogen-bond acceptors (Lipinski definition) is 2. The Labute approximate surface area is 81.5 Å². The van der Waals surface area contributed by atoms with Crippen LogP contribution in [-0.2, 0) is 0 Å². The maximum absolute atomic E-state index is 3.63. The first-order chi connectivity index (χ1) is 5.31. The molecule has 2 nitrogen and oxygen atoms in total. The largest absolute Gasteiger partial charge is 0.312 e. The predicted molar refractivity (Wildman–Crippen MR) is 58.0 cm³/mol. The third-order valence-electron chi connectivity index (χ3n) is 1.35. The van der Waals surface area contributed by atoms with Crippen LogP contribution in [0.3, 0.4) is 0 Å². The Hall–Kier alpha value is -0.310. The molecule has 1 atom stereocenters. The molecule has 0 aromatic rings. The molecular formula is C9H19ClN2. The van der Waals surface area contributed by atoms with Gasteiger partial charge in [0, 0.05) is 25.7 Å². The molecule has 0 amide bonds. The van der Waals surface area contributed by atoms with Crippen molar-refractivity contribution in [3.8, 4) is 0 Å². The molecule has 1 unspecified atom stereocenters. The van der Waals surface area contributed by atoms with Gasteiger partial charge in [-0.3, -0.25) is 0 Å². The van der Waals surface area contributed by atoms with Crippen LogP contribution in [0.5, 0.6) is 0 Å². The molecule has 0 saturated carbocycles. The number of rotatable bonds is 7. The Bertz CT molecular complexity index is 115. The molecule has 2 N–H and O–H groups in total. The van der Waals surface area contributed by atoms with Crippen molar-refractivity contribution in [2.45, 2.75) is 13.0 Å². The zero-order chi connectivity index (χ0) is 8.53. The molecule has 0 fully saturated rings. The lowest BCUT2D eigenvalue weighted by Gasteiger charge is -2.11. The van der Waals surface area contributed by atoms with E-state index in [4.69, 9.17) is 0 Å². The van der Waals surface area contributed by atoms with E-state index in [0.29, 0.717) is 6.04 Å². The second-order valence-corrected chi connectivity index (χ2v) is 2.54. The quantitative estimate of drug-likeness (QED) is 0.468. The first-order valence-corrected chi connectivity index (χ1v) is 3.97. The predicted octanol–water partition coefficient (Wildman–Crippen LogP) is 1.35. The SMILES string of the molecule is C=CCNCC(C)NCC=C.Cl. The molecule has 0 aromatic carbocycles. The molecule has 0 aliphatic rings. The lowest BCUT2D eigenvalue weighted by Crippen LogP contribution is -2.36. The summed E-state index contributed by atoms with van der Waals surface area (Å²) in [4.78, 5) is 0. The van der Waals surface area contributed by atoms with Crippen molar-refractivity contribution in [2.24, 2.45) is 0 Å². The highest BCUT2D eigenvalue weighted by Crippen LogP contribution is 1.77. The van der Waals surface area contributed by atoms with Crippen molar-refractivity contribution in [3.05, 3.63) is 25.3 Å². The fourth-order valence-corrected chi connectivity index (χ4v) is 0.759. The van der Waals surface area contributed by atoms with Crippen LogP contribution in [0.15, 0.2) is 25.3 Å². The van der Waals surface area contributed by atoms with Gasteiger partial charge in [-0.05, 0) is 6.92 Å². The highest BCUT2D eigenvalue weighted by Gasteiger charge is 1.95. The topological polar surface area (TPSA) is 24.1 Å². The Morgan fingerprint density at radius 2 is 1.83 bits per heavy atom. The van der Waals surface area contributed by atoms with Crippen molar-refractivity contribution >= 4 is 12.4 Å². The van der Waals surface area contributed by atoms with Gasteiger partial charge in [0.2, 0.25) is 0 Å². The van der Waals surface area contributed by atoms with Crippen molar-refractivity contribution in [3.63, 3.8) is 0 Å². The van der Waals surface area contributed by atoms with Gasteiger partial charge < -0.3 is 10.6 Å². The van der Waals surface area contributed by atoms with E-state index in [1.807, 2.05) is 12.2 Å². The highest BCUT2D eigenvalue weighted by atomic mass is 35.5. The Balaban J connectivity index is 0. The average Bonchev–Trinajstić information content (AvgIpc) is 2.01. The summed E-state index contributed by atoms with van der Waals surface area (Å²) in [5.41, 5.74) is 0. The highest BCUT2D eigenvalue weighted by molar-refractivity contribution is 5.85. The summed E-state index contributed by atoms with van der Waals surface area (Å²) in [6.07, 6.45) is 3.73. The molecule has 0 bridgehead atoms. The molecule has 0 saturated heterocycles. The van der Waals surface area contributed by atoms with E-state index < -0.39 is 0 Å². The smallest absolute Gasteiger partial charge is 0.0167 e. The van der Waals surface area contributed by atoms with Crippen molar-refractivity contribution < 1.29 is 0 Å². The van der Waals surface area contributed by atoms with Crippen LogP contribution in [0.25, 0.3) is 0 Å². The lowest BCUT2D eigenvalue weighted by molar-refractivity contribution is 0.541. The van der Waals surface area contributed by atoms with Crippen LogP contribution in [-0.4, -0.2) is 25.7 Å². The van der Waals surface area contributed by atoms with E-state index in [1.165, 1.54) is 0 Å². The second kappa shape index (κ2) is 10.7. The van der Waals surface area contributed by atoms with Gasteiger partial charge in [0.25, 0.3) is 0 Å². The fraction of sp³-hybridized carbons (Fsp3) is 0.556. The summed E-state index contributed by atoms with van der Waals surface area (Å²) in [5, 5.41) is 6.51. The molecule has 0 heterocycles. The first-order valence-electron chi connectivity index (χ1n) is 3.97. The maximum atomic E-state index is 3.63. The van der Waals surface area contributed by atoms with Crippen LogP contribution >= 0.6 is 12.4 Å². The molecule has 0 spiro atoms. The van der Waals surface area contributed by atoms with Gasteiger partial charge in [0.1, 0.15) is 0 Å². The van der Waals surface area contributed by atoms with E-state index in [-0.39, 0.29) is 12.4 Å². The molecule has 0 aliphatic carbocycles. The third-order valence-corrected chi connectivity index (χ3v) is 1.35. The van der Waals surface area contributed by atoms with Gasteiger partial charge in [-0.15, -0.1) is 25.6 Å². The molecule has 0 aromatic heterocycles. The van der Waals surface area contributed by atoms with Gasteiger partial charge in [0.05, 0.1) is 0 Å². The average molecular weight is 191 g/mol. The van der Waals surface area contributed by atoms with Gasteiger partial charge >= 0.3 is 0 Å². The van der Waals surface area contributed by atoms with E-state index in [1.54, 1.807) is 0 Å². The van der Waals surface area contributed by atoms with Gasteiger partial charge in [0.15, 0.2) is 0 Å². The molecule has 72 valence electrons. The summed E-state index contributed by atoms with van der Waals surface area (Å²) in [6, 6.07) is 0.493. The van der Waals surface area contributed by atoms with Crippen LogP contribution in [0.4, 0.5) is 0 Å². The van der Waals surface area contributed by atoms with Crippen molar-refractivity contribution in [1.82, 2.24) is 10.6 Å². The van der Waals surface area contributed by atoms with Gasteiger partial charge in [-0.1, -0.05) is 12.2 Å². The van der Waals surface area contributed by atoms with E-state index >= 15 is 0 Å². The zero-order valence-corrected chi connectivity index (χ0v) is 8.49. The minimum absolute atomic E-state index is 0. The zero-order valence-electron chi connectivity index (χ0n) is 7.68. The standard InChI is InChI=1S/C9H18N2.ClH/c1-4-6-10-8-9(3)11-7-5-2;/h4-5,9-11H,1-2,6-8H2,3H3;1H. The Kier molecular flexibility index (Phi) is 12.7. The summed E-state index contributed by atoms with van der Waals surface area (Å²) in [6.45, 7) is 12.1. The summed E-state index contributed by atoms with van der Waals surface area (Å²) >= 11 is 0. The minimum atomic E-state index is 0. The maximum Gasteiger partial charge on any atom is 0.0167 e. The molecule has 0 rings (SSSR count). The number of hydrogen-bond donors (Lipinski definition) is 2. The Morgan fingerprint density at radius 1 is 1.25 bits per heavy atom. The Morgan fingerprint density at radius 3 is 2.33 bits per heavy atom. The number of halogens is 1. The van der Waals surface area contributed by atoms with Crippen LogP contribution in [0.2, 0.25) is 0 Å². The first kappa shape index (κ1) is 14.2. The molecule has 12 heavy (non-hydrogen) atoms. The minimum Gasteiger partial charge on any atom is -0.312 e. The molecule has 3 heteroatoms. The number of nitrogens with one attached hydrogen (secondary N) is 2. The second-order valence-electron chi connectivity index (χ2n) is 2.54. The van der Waals surface area contributed by atoms with Crippen molar-refractivity contribution in [1.29, 1.82) is 0 Å². The van der Waals surface area contributed by atoms with E-state index in [0.717, 1.165) is 19.6 Å².